The van der Waals surface area contributed by atoms with E-state index < -0.39 is 0 Å². The normalized spacial score (nSPS) is 12.4. The number of anilines is 1. The lowest BCUT2D eigenvalue weighted by atomic mass is 10.1. The third kappa shape index (κ3) is 1.38. The highest BCUT2D eigenvalue weighted by Gasteiger charge is 2.21. The molecule has 2 aromatic heterocycles. The number of nitrogens with zero attached hydrogens (tertiary/aromatic N) is 2. The maximum atomic E-state index is 11.9. The standard InChI is InChI=1S/C14H10N4O/c15-14-17-12-10(13(19)18-14)6-8-5-7-3-1-2-4-9(7)11(8)16-12/h1-4,6H,5H2,(H3,15,16,17,18,19). The molecule has 3 N–H and O–H groups in total. The van der Waals surface area contributed by atoms with Gasteiger partial charge in [0.25, 0.3) is 5.56 Å². The summed E-state index contributed by atoms with van der Waals surface area (Å²) in [6.45, 7) is 0. The van der Waals surface area contributed by atoms with Crippen LogP contribution in [0.1, 0.15) is 11.1 Å². The summed E-state index contributed by atoms with van der Waals surface area (Å²) in [5, 5.41) is 0.487. The highest BCUT2D eigenvalue weighted by atomic mass is 16.1. The van der Waals surface area contributed by atoms with Crippen molar-refractivity contribution < 1.29 is 0 Å². The lowest BCUT2D eigenvalue weighted by Crippen LogP contribution is -2.12. The molecule has 4 rings (SSSR count). The fourth-order valence-corrected chi connectivity index (χ4v) is 2.60. The molecule has 1 aromatic carbocycles. The maximum Gasteiger partial charge on any atom is 0.261 e. The van der Waals surface area contributed by atoms with Gasteiger partial charge in [-0.2, -0.15) is 4.98 Å². The molecule has 0 atom stereocenters. The van der Waals surface area contributed by atoms with Crippen molar-refractivity contribution in [3.63, 3.8) is 0 Å². The third-order valence-electron chi connectivity index (χ3n) is 3.45. The summed E-state index contributed by atoms with van der Waals surface area (Å²) in [5.41, 5.74) is 10.0. The molecular formula is C14H10N4O. The molecule has 0 unspecified atom stereocenters. The number of fused-ring (bicyclic) bond motifs is 4. The Hall–Kier alpha value is -2.69. The number of hydrogen-bond acceptors (Lipinski definition) is 4. The Morgan fingerprint density at radius 3 is 2.89 bits per heavy atom. The van der Waals surface area contributed by atoms with E-state index in [9.17, 15) is 4.79 Å². The van der Waals surface area contributed by atoms with Gasteiger partial charge in [0.15, 0.2) is 5.65 Å². The van der Waals surface area contributed by atoms with E-state index in [1.165, 1.54) is 5.56 Å². The van der Waals surface area contributed by atoms with Gasteiger partial charge in [-0.05, 0) is 17.2 Å². The van der Waals surface area contributed by atoms with Gasteiger partial charge >= 0.3 is 0 Å². The highest BCUT2D eigenvalue weighted by molar-refractivity contribution is 5.83. The first kappa shape index (κ1) is 10.3. The number of pyridine rings is 1. The van der Waals surface area contributed by atoms with Gasteiger partial charge < -0.3 is 5.73 Å². The van der Waals surface area contributed by atoms with Gasteiger partial charge in [0, 0.05) is 12.0 Å². The average Bonchev–Trinajstić information content (AvgIpc) is 2.74. The predicted octanol–water partition coefficient (Wildman–Crippen LogP) is 1.47. The molecule has 2 heterocycles. The molecule has 0 saturated heterocycles. The largest absolute Gasteiger partial charge is 0.369 e. The molecule has 92 valence electrons. The Morgan fingerprint density at radius 1 is 1.16 bits per heavy atom. The van der Waals surface area contributed by atoms with Crippen molar-refractivity contribution in [3.05, 3.63) is 51.8 Å². The fourth-order valence-electron chi connectivity index (χ4n) is 2.60. The Kier molecular flexibility index (Phi) is 1.84. The number of H-pyrrole nitrogens is 1. The van der Waals surface area contributed by atoms with Crippen LogP contribution in [0.2, 0.25) is 0 Å². The van der Waals surface area contributed by atoms with E-state index in [1.54, 1.807) is 0 Å². The Morgan fingerprint density at radius 2 is 2.00 bits per heavy atom. The fraction of sp³-hybridized carbons (Fsp3) is 0.0714. The zero-order chi connectivity index (χ0) is 13.0. The summed E-state index contributed by atoms with van der Waals surface area (Å²) in [4.78, 5) is 23.0. The number of aromatic amines is 1. The zero-order valence-electron chi connectivity index (χ0n) is 9.97. The molecule has 3 aromatic rings. The maximum absolute atomic E-state index is 11.9. The molecule has 0 radical (unpaired) electrons. The molecule has 0 spiro atoms. The number of nitrogens with two attached hydrogens (primary N) is 1. The van der Waals surface area contributed by atoms with E-state index in [-0.39, 0.29) is 11.5 Å². The second kappa shape index (κ2) is 3.41. The van der Waals surface area contributed by atoms with E-state index in [1.807, 2.05) is 24.3 Å². The minimum Gasteiger partial charge on any atom is -0.369 e. The number of nitrogen functional groups attached to an aromatic ring is 1. The van der Waals surface area contributed by atoms with Gasteiger partial charge in [0.2, 0.25) is 5.95 Å². The summed E-state index contributed by atoms with van der Waals surface area (Å²) < 4.78 is 0. The molecule has 0 amide bonds. The summed E-state index contributed by atoms with van der Waals surface area (Å²) in [5.74, 6) is 0.0937. The van der Waals surface area contributed by atoms with Crippen LogP contribution in [0.4, 0.5) is 5.95 Å². The van der Waals surface area contributed by atoms with Crippen molar-refractivity contribution in [2.45, 2.75) is 6.42 Å². The van der Waals surface area contributed by atoms with Crippen LogP contribution in [0.3, 0.4) is 0 Å². The van der Waals surface area contributed by atoms with Crippen LogP contribution in [0, 0.1) is 0 Å². The first-order chi connectivity index (χ1) is 9.22. The van der Waals surface area contributed by atoms with E-state index in [0.29, 0.717) is 11.0 Å². The number of rotatable bonds is 0. The molecule has 1 aliphatic rings. The van der Waals surface area contributed by atoms with E-state index in [2.05, 4.69) is 21.0 Å². The number of benzene rings is 1. The second-order valence-electron chi connectivity index (χ2n) is 4.65. The summed E-state index contributed by atoms with van der Waals surface area (Å²) in [7, 11) is 0. The van der Waals surface area contributed by atoms with Crippen molar-refractivity contribution in [2.75, 3.05) is 5.73 Å². The van der Waals surface area contributed by atoms with Crippen LogP contribution >= 0.6 is 0 Å². The van der Waals surface area contributed by atoms with Gasteiger partial charge in [0.05, 0.1) is 11.1 Å². The molecule has 5 nitrogen and oxygen atoms in total. The van der Waals surface area contributed by atoms with E-state index in [4.69, 9.17) is 5.73 Å². The Bertz CT molecular complexity index is 882. The van der Waals surface area contributed by atoms with Gasteiger partial charge in [-0.15, -0.1) is 0 Å². The SMILES string of the molecule is Nc1nc2nc3c(cc2c(=O)[nH]1)Cc1ccccc1-3. The molecule has 0 fully saturated rings. The van der Waals surface area contributed by atoms with Crippen LogP contribution in [0.25, 0.3) is 22.3 Å². The number of hydrogen-bond donors (Lipinski definition) is 2. The van der Waals surface area contributed by atoms with Crippen LogP contribution in [-0.2, 0) is 6.42 Å². The number of nitrogens with one attached hydrogen (secondary N) is 1. The third-order valence-corrected chi connectivity index (χ3v) is 3.45. The second-order valence-corrected chi connectivity index (χ2v) is 4.65. The molecule has 1 aliphatic carbocycles. The van der Waals surface area contributed by atoms with Crippen LogP contribution < -0.4 is 11.3 Å². The Balaban J connectivity index is 2.10. The van der Waals surface area contributed by atoms with Crippen molar-refractivity contribution in [1.29, 1.82) is 0 Å². The topological polar surface area (TPSA) is 84.7 Å². The van der Waals surface area contributed by atoms with Gasteiger partial charge in [0.1, 0.15) is 0 Å². The van der Waals surface area contributed by atoms with Gasteiger partial charge in [-0.1, -0.05) is 24.3 Å². The van der Waals surface area contributed by atoms with Crippen molar-refractivity contribution >= 4 is 17.0 Å². The molecule has 5 heteroatoms. The minimum atomic E-state index is -0.242. The molecule has 0 bridgehead atoms. The van der Waals surface area contributed by atoms with E-state index >= 15 is 0 Å². The van der Waals surface area contributed by atoms with Gasteiger partial charge in [-0.3, -0.25) is 9.78 Å². The van der Waals surface area contributed by atoms with E-state index in [0.717, 1.165) is 23.2 Å². The quantitative estimate of drug-likeness (QED) is 0.495. The van der Waals surface area contributed by atoms with Crippen LogP contribution in [0.15, 0.2) is 35.1 Å². The predicted molar refractivity (Wildman–Crippen MR) is 72.8 cm³/mol. The summed E-state index contributed by atoms with van der Waals surface area (Å²) >= 11 is 0. The first-order valence-corrected chi connectivity index (χ1v) is 6.00. The van der Waals surface area contributed by atoms with Crippen LogP contribution in [0.5, 0.6) is 0 Å². The Labute approximate surface area is 108 Å². The first-order valence-electron chi connectivity index (χ1n) is 6.00. The lowest BCUT2D eigenvalue weighted by Gasteiger charge is -2.02. The lowest BCUT2D eigenvalue weighted by molar-refractivity contribution is 1.15. The van der Waals surface area contributed by atoms with Crippen molar-refractivity contribution in [3.8, 4) is 11.3 Å². The zero-order valence-corrected chi connectivity index (χ0v) is 9.97. The summed E-state index contributed by atoms with van der Waals surface area (Å²) in [6.07, 6.45) is 0.804. The van der Waals surface area contributed by atoms with Crippen molar-refractivity contribution in [1.82, 2.24) is 15.0 Å². The van der Waals surface area contributed by atoms with Crippen molar-refractivity contribution in [2.24, 2.45) is 0 Å². The molecule has 0 saturated carbocycles. The summed E-state index contributed by atoms with van der Waals surface area (Å²) in [6, 6.07) is 9.97. The van der Waals surface area contributed by atoms with Crippen LogP contribution in [-0.4, -0.2) is 15.0 Å². The number of aromatic nitrogens is 3. The minimum absolute atomic E-state index is 0.0937. The molecule has 0 aliphatic heterocycles. The highest BCUT2D eigenvalue weighted by Crippen LogP contribution is 2.35. The average molecular weight is 250 g/mol. The monoisotopic (exact) mass is 250 g/mol. The molecule has 19 heavy (non-hydrogen) atoms. The molecular weight excluding hydrogens is 240 g/mol. The smallest absolute Gasteiger partial charge is 0.261 e. The van der Waals surface area contributed by atoms with Gasteiger partial charge in [-0.25, -0.2) is 4.98 Å².